The topological polar surface area (TPSA) is 80.5 Å². The van der Waals surface area contributed by atoms with Crippen LogP contribution in [0.2, 0.25) is 0 Å². The van der Waals surface area contributed by atoms with Crippen molar-refractivity contribution in [2.45, 2.75) is 18.2 Å². The Morgan fingerprint density at radius 3 is 2.43 bits per heavy atom. The normalized spacial score (nSPS) is 11.2. The van der Waals surface area contributed by atoms with Gasteiger partial charge in [0.1, 0.15) is 0 Å². The summed E-state index contributed by atoms with van der Waals surface area (Å²) in [6.45, 7) is 5.77. The largest absolute Gasteiger partial charge is 0.335 e. The van der Waals surface area contributed by atoms with Crippen molar-refractivity contribution in [2.75, 3.05) is 13.1 Å². The van der Waals surface area contributed by atoms with Gasteiger partial charge < -0.3 is 4.90 Å². The number of nitrogens with two attached hydrogens (primary N) is 1. The molecule has 1 aromatic rings. The maximum atomic E-state index is 13.3. The highest BCUT2D eigenvalue weighted by Gasteiger charge is 2.25. The van der Waals surface area contributed by atoms with Gasteiger partial charge in [0.25, 0.3) is 5.91 Å². The highest BCUT2D eigenvalue weighted by atomic mass is 32.2. The summed E-state index contributed by atoms with van der Waals surface area (Å²) in [7, 11) is -4.36. The summed E-state index contributed by atoms with van der Waals surface area (Å²) < 4.78 is 49.5. The van der Waals surface area contributed by atoms with Gasteiger partial charge >= 0.3 is 0 Å². The van der Waals surface area contributed by atoms with Gasteiger partial charge in [-0.25, -0.2) is 22.3 Å². The third kappa shape index (κ3) is 4.08. The van der Waals surface area contributed by atoms with E-state index in [2.05, 4.69) is 6.58 Å². The minimum atomic E-state index is -4.36. The molecule has 0 bridgehead atoms. The van der Waals surface area contributed by atoms with Crippen LogP contribution in [0.5, 0.6) is 0 Å². The predicted molar refractivity (Wildman–Crippen MR) is 74.1 cm³/mol. The van der Waals surface area contributed by atoms with Crippen molar-refractivity contribution in [1.82, 2.24) is 4.90 Å². The minimum Gasteiger partial charge on any atom is -0.335 e. The van der Waals surface area contributed by atoms with E-state index in [1.807, 2.05) is 6.92 Å². The van der Waals surface area contributed by atoms with Crippen molar-refractivity contribution in [2.24, 2.45) is 5.14 Å². The van der Waals surface area contributed by atoms with Gasteiger partial charge in [0.05, 0.1) is 10.5 Å². The molecule has 116 valence electrons. The molecule has 5 nitrogen and oxygen atoms in total. The average Bonchev–Trinajstić information content (AvgIpc) is 2.39. The second-order valence-electron chi connectivity index (χ2n) is 4.35. The van der Waals surface area contributed by atoms with E-state index in [0.29, 0.717) is 25.1 Å². The van der Waals surface area contributed by atoms with Crippen molar-refractivity contribution < 1.29 is 22.0 Å². The fraction of sp³-hybridized carbons (Fsp3) is 0.308. The van der Waals surface area contributed by atoms with Gasteiger partial charge in [0.2, 0.25) is 10.0 Å². The van der Waals surface area contributed by atoms with E-state index in [9.17, 15) is 22.0 Å². The van der Waals surface area contributed by atoms with E-state index in [1.165, 1.54) is 11.0 Å². The molecule has 0 atom stereocenters. The lowest BCUT2D eigenvalue weighted by Crippen LogP contribution is -2.33. The van der Waals surface area contributed by atoms with Crippen LogP contribution in [-0.4, -0.2) is 32.3 Å². The first-order valence-electron chi connectivity index (χ1n) is 6.14. The van der Waals surface area contributed by atoms with E-state index < -0.39 is 38.0 Å². The summed E-state index contributed by atoms with van der Waals surface area (Å²) in [5, 5.41) is 4.95. The summed E-state index contributed by atoms with van der Waals surface area (Å²) in [5.41, 5.74) is -0.494. The lowest BCUT2D eigenvalue weighted by Gasteiger charge is -2.21. The van der Waals surface area contributed by atoms with Crippen LogP contribution in [0.15, 0.2) is 29.7 Å². The van der Waals surface area contributed by atoms with E-state index in [-0.39, 0.29) is 6.54 Å². The average molecular weight is 318 g/mol. The van der Waals surface area contributed by atoms with Gasteiger partial charge in [-0.2, -0.15) is 0 Å². The number of sulfonamides is 1. The van der Waals surface area contributed by atoms with Gasteiger partial charge in [0.15, 0.2) is 11.6 Å². The molecule has 0 aliphatic heterocycles. The molecule has 1 aromatic carbocycles. The predicted octanol–water partition coefficient (Wildman–Crippen LogP) is 1.65. The number of carbonyl (C=O) groups is 1. The number of rotatable bonds is 6. The smallest absolute Gasteiger partial charge is 0.255 e. The van der Waals surface area contributed by atoms with Crippen molar-refractivity contribution >= 4 is 15.9 Å². The number of amides is 1. The van der Waals surface area contributed by atoms with E-state index in [4.69, 9.17) is 5.14 Å². The second kappa shape index (κ2) is 6.77. The summed E-state index contributed by atoms with van der Waals surface area (Å²) in [4.78, 5) is 12.9. The fourth-order valence-corrected chi connectivity index (χ4v) is 2.52. The lowest BCUT2D eigenvalue weighted by atomic mass is 10.1. The van der Waals surface area contributed by atoms with Crippen LogP contribution in [0.25, 0.3) is 0 Å². The Labute approximate surface area is 122 Å². The van der Waals surface area contributed by atoms with Crippen LogP contribution < -0.4 is 5.14 Å². The Balaban J connectivity index is 3.43. The number of primary sulfonamides is 1. The van der Waals surface area contributed by atoms with E-state index in [1.54, 1.807) is 0 Å². The van der Waals surface area contributed by atoms with Gasteiger partial charge in [0, 0.05) is 13.1 Å². The summed E-state index contributed by atoms with van der Waals surface area (Å²) in [5.74, 6) is -3.46. The van der Waals surface area contributed by atoms with Gasteiger partial charge in [-0.15, -0.1) is 6.58 Å². The Bertz CT molecular complexity index is 660. The number of benzene rings is 1. The highest BCUT2D eigenvalue weighted by molar-refractivity contribution is 7.89. The number of nitrogens with zero attached hydrogens (tertiary/aromatic N) is 1. The molecule has 2 N–H and O–H groups in total. The maximum Gasteiger partial charge on any atom is 0.255 e. The van der Waals surface area contributed by atoms with E-state index >= 15 is 0 Å². The van der Waals surface area contributed by atoms with Crippen LogP contribution in [0.1, 0.15) is 23.7 Å². The quantitative estimate of drug-likeness (QED) is 0.810. The first-order valence-corrected chi connectivity index (χ1v) is 7.69. The molecule has 0 aliphatic rings. The molecule has 0 saturated heterocycles. The molecule has 0 saturated carbocycles. The van der Waals surface area contributed by atoms with Crippen LogP contribution >= 0.6 is 0 Å². The van der Waals surface area contributed by atoms with Crippen LogP contribution in [-0.2, 0) is 10.0 Å². The number of hydrogen-bond donors (Lipinski definition) is 1. The Kier molecular flexibility index (Phi) is 5.56. The van der Waals surface area contributed by atoms with Crippen molar-refractivity contribution in [1.29, 1.82) is 0 Å². The molecular formula is C13H16F2N2O3S. The van der Waals surface area contributed by atoms with E-state index in [0.717, 1.165) is 0 Å². The first kappa shape index (κ1) is 17.3. The monoisotopic (exact) mass is 318 g/mol. The molecule has 1 amide bonds. The number of carbonyl (C=O) groups excluding carboxylic acids is 1. The molecule has 0 heterocycles. The number of hydrogen-bond acceptors (Lipinski definition) is 3. The van der Waals surface area contributed by atoms with Gasteiger partial charge in [-0.05, 0) is 18.6 Å². The maximum absolute atomic E-state index is 13.3. The Hall–Kier alpha value is -1.80. The SMILES string of the molecule is C=CCN(CCC)C(=O)c1cc(F)c(F)cc1S(N)(=O)=O. The summed E-state index contributed by atoms with van der Waals surface area (Å²) >= 11 is 0. The standard InChI is InChI=1S/C13H16F2N2O3S/c1-3-5-17(6-4-2)13(18)9-7-10(14)11(15)8-12(9)21(16,19)20/h3,7-8H,1,4-6H2,2H3,(H2,16,19,20). The molecular weight excluding hydrogens is 302 g/mol. The summed E-state index contributed by atoms with van der Waals surface area (Å²) in [6, 6.07) is 0.957. The second-order valence-corrected chi connectivity index (χ2v) is 5.88. The van der Waals surface area contributed by atoms with Crippen LogP contribution in [0, 0.1) is 11.6 Å². The van der Waals surface area contributed by atoms with Gasteiger partial charge in [-0.1, -0.05) is 13.0 Å². The van der Waals surface area contributed by atoms with Crippen LogP contribution in [0.3, 0.4) is 0 Å². The molecule has 0 unspecified atom stereocenters. The zero-order chi connectivity index (χ0) is 16.2. The van der Waals surface area contributed by atoms with Crippen molar-refractivity contribution in [3.63, 3.8) is 0 Å². The fourth-order valence-electron chi connectivity index (χ4n) is 1.80. The van der Waals surface area contributed by atoms with Crippen molar-refractivity contribution in [3.8, 4) is 0 Å². The number of halogens is 2. The zero-order valence-electron chi connectivity index (χ0n) is 11.5. The Morgan fingerprint density at radius 2 is 1.95 bits per heavy atom. The first-order chi connectivity index (χ1) is 9.72. The Morgan fingerprint density at radius 1 is 1.38 bits per heavy atom. The zero-order valence-corrected chi connectivity index (χ0v) is 12.3. The molecule has 0 spiro atoms. The third-order valence-corrected chi connectivity index (χ3v) is 3.64. The van der Waals surface area contributed by atoms with Gasteiger partial charge in [-0.3, -0.25) is 4.79 Å². The molecule has 0 radical (unpaired) electrons. The van der Waals surface area contributed by atoms with Crippen LogP contribution in [0.4, 0.5) is 8.78 Å². The lowest BCUT2D eigenvalue weighted by molar-refractivity contribution is 0.0769. The molecule has 0 fully saturated rings. The minimum absolute atomic E-state index is 0.149. The third-order valence-electron chi connectivity index (χ3n) is 2.69. The molecule has 1 rings (SSSR count). The molecule has 21 heavy (non-hydrogen) atoms. The highest BCUT2D eigenvalue weighted by Crippen LogP contribution is 2.20. The summed E-state index contributed by atoms with van der Waals surface area (Å²) in [6.07, 6.45) is 2.05. The van der Waals surface area contributed by atoms with Crippen molar-refractivity contribution in [3.05, 3.63) is 42.0 Å². The molecule has 0 aromatic heterocycles. The molecule has 8 heteroatoms. The molecule has 0 aliphatic carbocycles.